The molecule has 114 valence electrons. The molecule has 0 spiro atoms. The van der Waals surface area contributed by atoms with Gasteiger partial charge in [-0.2, -0.15) is 0 Å². The molecule has 0 N–H and O–H groups in total. The second-order valence-electron chi connectivity index (χ2n) is 5.65. The summed E-state index contributed by atoms with van der Waals surface area (Å²) in [6.45, 7) is 7.61. The maximum Gasteiger partial charge on any atom is 0.192 e. The minimum atomic E-state index is -1.52. The van der Waals surface area contributed by atoms with Gasteiger partial charge >= 0.3 is 0 Å². The van der Waals surface area contributed by atoms with Crippen molar-refractivity contribution in [3.05, 3.63) is 0 Å². The van der Waals surface area contributed by atoms with Crippen LogP contribution in [0.2, 0.25) is 18.1 Å². The van der Waals surface area contributed by atoms with Crippen molar-refractivity contribution in [1.82, 2.24) is 0 Å². The van der Waals surface area contributed by atoms with Crippen molar-refractivity contribution in [1.29, 1.82) is 0 Å². The van der Waals surface area contributed by atoms with Gasteiger partial charge in [0.2, 0.25) is 0 Å². The van der Waals surface area contributed by atoms with Gasteiger partial charge < -0.3 is 9.22 Å². The summed E-state index contributed by atoms with van der Waals surface area (Å²) in [7, 11) is -1.52. The average molecular weight is 287 g/mol. The number of unbranched alkanes of at least 4 members (excludes halogenated alkanes) is 4. The summed E-state index contributed by atoms with van der Waals surface area (Å²) in [4.78, 5) is 10.4. The Labute approximate surface area is 121 Å². The molecular weight excluding hydrogens is 252 g/mol. The van der Waals surface area contributed by atoms with Crippen LogP contribution in [0.3, 0.4) is 0 Å². The Morgan fingerprint density at radius 1 is 0.842 bits per heavy atom. The standard InChI is InChI=1S/C16H34O2Si/c1-4-7-14-19(15-8-5-2,16-9-6-3)18-13-11-10-12-17/h12H,4-11,13-16H2,1-3H3. The fourth-order valence-corrected chi connectivity index (χ4v) is 7.30. The molecule has 0 aliphatic carbocycles. The fourth-order valence-electron chi connectivity index (χ4n) is 2.54. The van der Waals surface area contributed by atoms with E-state index in [4.69, 9.17) is 4.43 Å². The van der Waals surface area contributed by atoms with Gasteiger partial charge in [-0.3, -0.25) is 0 Å². The minimum absolute atomic E-state index is 0.653. The summed E-state index contributed by atoms with van der Waals surface area (Å²) in [6.07, 6.45) is 10.3. The van der Waals surface area contributed by atoms with Crippen LogP contribution < -0.4 is 0 Å². The quantitative estimate of drug-likeness (QED) is 0.245. The second-order valence-corrected chi connectivity index (χ2v) is 9.81. The van der Waals surface area contributed by atoms with Crippen LogP contribution in [0.15, 0.2) is 0 Å². The molecule has 0 heterocycles. The molecule has 0 atom stereocenters. The zero-order valence-electron chi connectivity index (χ0n) is 13.4. The van der Waals surface area contributed by atoms with Gasteiger partial charge in [-0.05, 0) is 24.6 Å². The summed E-state index contributed by atoms with van der Waals surface area (Å²) in [6, 6.07) is 3.97. The average Bonchev–Trinajstić information content (AvgIpc) is 2.44. The fraction of sp³-hybridized carbons (Fsp3) is 0.938. The lowest BCUT2D eigenvalue weighted by Gasteiger charge is -2.32. The minimum Gasteiger partial charge on any atom is -0.417 e. The van der Waals surface area contributed by atoms with E-state index < -0.39 is 8.32 Å². The highest BCUT2D eigenvalue weighted by Gasteiger charge is 2.32. The van der Waals surface area contributed by atoms with Crippen molar-refractivity contribution >= 4 is 14.6 Å². The van der Waals surface area contributed by atoms with Gasteiger partial charge in [0.1, 0.15) is 6.29 Å². The summed E-state index contributed by atoms with van der Waals surface area (Å²) < 4.78 is 6.42. The Kier molecular flexibility index (Phi) is 12.8. The maximum absolute atomic E-state index is 10.4. The SMILES string of the molecule is CCCC[Si](CCCC)(CCCC)OCCCC=O. The van der Waals surface area contributed by atoms with Gasteiger partial charge in [0.25, 0.3) is 0 Å². The van der Waals surface area contributed by atoms with E-state index in [9.17, 15) is 4.79 Å². The molecule has 2 nitrogen and oxygen atoms in total. The molecule has 0 aliphatic rings. The van der Waals surface area contributed by atoms with Crippen LogP contribution in [-0.4, -0.2) is 21.2 Å². The molecule has 0 aromatic heterocycles. The van der Waals surface area contributed by atoms with E-state index in [2.05, 4.69) is 20.8 Å². The van der Waals surface area contributed by atoms with Crippen molar-refractivity contribution < 1.29 is 9.22 Å². The molecule has 0 rings (SSSR count). The van der Waals surface area contributed by atoms with E-state index in [-0.39, 0.29) is 0 Å². The molecule has 0 aromatic carbocycles. The van der Waals surface area contributed by atoms with Crippen molar-refractivity contribution in [3.8, 4) is 0 Å². The molecular formula is C16H34O2Si. The first-order valence-electron chi connectivity index (χ1n) is 8.32. The first-order chi connectivity index (χ1) is 9.24. The summed E-state index contributed by atoms with van der Waals surface area (Å²) in [5.74, 6) is 0. The van der Waals surface area contributed by atoms with Gasteiger partial charge in [0, 0.05) is 13.0 Å². The third-order valence-electron chi connectivity index (χ3n) is 3.83. The smallest absolute Gasteiger partial charge is 0.192 e. The Bertz CT molecular complexity index is 185. The molecule has 0 aliphatic heterocycles. The van der Waals surface area contributed by atoms with Crippen LogP contribution in [0, 0.1) is 0 Å². The summed E-state index contributed by atoms with van der Waals surface area (Å²) in [5, 5.41) is 0. The second kappa shape index (κ2) is 12.9. The largest absolute Gasteiger partial charge is 0.417 e. The van der Waals surface area contributed by atoms with Crippen molar-refractivity contribution in [3.63, 3.8) is 0 Å². The van der Waals surface area contributed by atoms with E-state index in [1.165, 1.54) is 56.7 Å². The first-order valence-corrected chi connectivity index (χ1v) is 10.8. The van der Waals surface area contributed by atoms with E-state index >= 15 is 0 Å². The van der Waals surface area contributed by atoms with Gasteiger partial charge in [-0.1, -0.05) is 59.3 Å². The summed E-state index contributed by atoms with van der Waals surface area (Å²) >= 11 is 0. The molecule has 0 amide bonds. The van der Waals surface area contributed by atoms with Crippen molar-refractivity contribution in [2.24, 2.45) is 0 Å². The predicted molar refractivity (Wildman–Crippen MR) is 86.1 cm³/mol. The molecule has 0 saturated carbocycles. The van der Waals surface area contributed by atoms with Crippen LogP contribution in [0.4, 0.5) is 0 Å². The Morgan fingerprint density at radius 2 is 1.32 bits per heavy atom. The maximum atomic E-state index is 10.4. The van der Waals surface area contributed by atoms with Crippen molar-refractivity contribution in [2.75, 3.05) is 6.61 Å². The van der Waals surface area contributed by atoms with E-state index in [1.54, 1.807) is 0 Å². The number of hydrogen-bond donors (Lipinski definition) is 0. The first kappa shape index (κ1) is 18.8. The van der Waals surface area contributed by atoms with Crippen LogP contribution in [0.25, 0.3) is 0 Å². The highest BCUT2D eigenvalue weighted by atomic mass is 28.4. The lowest BCUT2D eigenvalue weighted by molar-refractivity contribution is -0.108. The lowest BCUT2D eigenvalue weighted by Crippen LogP contribution is -2.38. The van der Waals surface area contributed by atoms with Gasteiger partial charge in [-0.15, -0.1) is 0 Å². The summed E-state index contributed by atoms with van der Waals surface area (Å²) in [5.41, 5.74) is 0. The van der Waals surface area contributed by atoms with E-state index in [0.29, 0.717) is 6.42 Å². The van der Waals surface area contributed by atoms with Gasteiger partial charge in [0.15, 0.2) is 8.32 Å². The highest BCUT2D eigenvalue weighted by Crippen LogP contribution is 2.29. The number of rotatable bonds is 14. The van der Waals surface area contributed by atoms with Crippen LogP contribution in [0.5, 0.6) is 0 Å². The van der Waals surface area contributed by atoms with Gasteiger partial charge in [-0.25, -0.2) is 0 Å². The molecule has 0 unspecified atom stereocenters. The highest BCUT2D eigenvalue weighted by molar-refractivity contribution is 6.73. The molecule has 0 radical (unpaired) electrons. The van der Waals surface area contributed by atoms with Gasteiger partial charge in [0.05, 0.1) is 0 Å². The normalized spacial score (nSPS) is 11.7. The van der Waals surface area contributed by atoms with Crippen molar-refractivity contribution in [2.45, 2.75) is 90.3 Å². The molecule has 0 aromatic rings. The third kappa shape index (κ3) is 9.39. The Balaban J connectivity index is 4.42. The topological polar surface area (TPSA) is 26.3 Å². The van der Waals surface area contributed by atoms with Crippen LogP contribution in [-0.2, 0) is 9.22 Å². The predicted octanol–water partition coefficient (Wildman–Crippen LogP) is 5.33. The van der Waals surface area contributed by atoms with E-state index in [0.717, 1.165) is 19.3 Å². The Hall–Kier alpha value is -0.153. The lowest BCUT2D eigenvalue weighted by atomic mass is 10.4. The van der Waals surface area contributed by atoms with Crippen LogP contribution in [0.1, 0.15) is 72.1 Å². The molecule has 3 heteroatoms. The third-order valence-corrected chi connectivity index (χ3v) is 8.44. The molecule has 0 saturated heterocycles. The monoisotopic (exact) mass is 286 g/mol. The zero-order chi connectivity index (χ0) is 14.4. The number of carbonyl (C=O) groups is 1. The van der Waals surface area contributed by atoms with Crippen LogP contribution >= 0.6 is 0 Å². The number of carbonyl (C=O) groups excluding carboxylic acids is 1. The molecule has 0 fully saturated rings. The molecule has 19 heavy (non-hydrogen) atoms. The van der Waals surface area contributed by atoms with E-state index in [1.807, 2.05) is 0 Å². The zero-order valence-corrected chi connectivity index (χ0v) is 14.4. The Morgan fingerprint density at radius 3 is 1.68 bits per heavy atom. The number of hydrogen-bond acceptors (Lipinski definition) is 2. The number of aldehydes is 1. The molecule has 0 bridgehead atoms.